The Morgan fingerprint density at radius 2 is 2.33 bits per heavy atom. The van der Waals surface area contributed by atoms with Crippen molar-refractivity contribution in [1.82, 2.24) is 9.97 Å². The van der Waals surface area contributed by atoms with Gasteiger partial charge in [-0.05, 0) is 25.0 Å². The second-order valence-electron chi connectivity index (χ2n) is 4.96. The first-order valence-electron chi connectivity index (χ1n) is 6.73. The van der Waals surface area contributed by atoms with Crippen molar-refractivity contribution in [3.05, 3.63) is 34.4 Å². The van der Waals surface area contributed by atoms with Crippen molar-refractivity contribution in [2.24, 2.45) is 0 Å². The lowest BCUT2D eigenvalue weighted by Crippen LogP contribution is -2.30. The number of hydrogen-bond acceptors (Lipinski definition) is 5. The van der Waals surface area contributed by atoms with Crippen molar-refractivity contribution in [1.29, 1.82) is 0 Å². The van der Waals surface area contributed by atoms with Crippen LogP contribution in [0.15, 0.2) is 23.7 Å². The van der Waals surface area contributed by atoms with Gasteiger partial charge in [0.25, 0.3) is 0 Å². The first-order chi connectivity index (χ1) is 10.1. The van der Waals surface area contributed by atoms with Crippen molar-refractivity contribution < 1.29 is 4.79 Å². The first-order valence-corrected chi connectivity index (χ1v) is 7.99. The highest BCUT2D eigenvalue weighted by atomic mass is 35.5. The Morgan fingerprint density at radius 1 is 1.52 bits per heavy atom. The largest absolute Gasteiger partial charge is 0.364 e. The van der Waals surface area contributed by atoms with Gasteiger partial charge in [0.2, 0.25) is 5.91 Å². The van der Waals surface area contributed by atoms with Gasteiger partial charge in [-0.2, -0.15) is 0 Å². The summed E-state index contributed by atoms with van der Waals surface area (Å²) in [5.41, 5.74) is 0.902. The number of aromatic nitrogens is 2. The van der Waals surface area contributed by atoms with Crippen LogP contribution in [0.25, 0.3) is 0 Å². The summed E-state index contributed by atoms with van der Waals surface area (Å²) < 4.78 is 0. The van der Waals surface area contributed by atoms with Gasteiger partial charge in [0.1, 0.15) is 5.82 Å². The van der Waals surface area contributed by atoms with Crippen LogP contribution in [0, 0.1) is 0 Å². The molecule has 1 aliphatic carbocycles. The molecule has 1 N–H and O–H groups in total. The number of nitrogens with zero attached hydrogens (tertiary/aromatic N) is 3. The number of carbonyl (C=O) groups excluding carboxylic acids is 1. The van der Waals surface area contributed by atoms with Gasteiger partial charge in [-0.15, -0.1) is 11.3 Å². The van der Waals surface area contributed by atoms with E-state index in [1.54, 1.807) is 24.1 Å². The third kappa shape index (κ3) is 3.51. The van der Waals surface area contributed by atoms with Crippen LogP contribution in [0.5, 0.6) is 0 Å². The Morgan fingerprint density at radius 3 is 2.95 bits per heavy atom. The molecule has 0 aliphatic heterocycles. The van der Waals surface area contributed by atoms with Gasteiger partial charge in [-0.1, -0.05) is 11.6 Å². The van der Waals surface area contributed by atoms with Crippen LogP contribution in [-0.4, -0.2) is 21.9 Å². The molecule has 110 valence electrons. The summed E-state index contributed by atoms with van der Waals surface area (Å²) in [4.78, 5) is 22.2. The number of rotatable bonds is 5. The summed E-state index contributed by atoms with van der Waals surface area (Å²) in [7, 11) is 0. The Balaban J connectivity index is 1.64. The normalized spacial score (nSPS) is 14.0. The molecule has 1 saturated carbocycles. The van der Waals surface area contributed by atoms with Crippen molar-refractivity contribution in [2.75, 3.05) is 10.2 Å². The van der Waals surface area contributed by atoms with Crippen LogP contribution in [-0.2, 0) is 11.3 Å². The average molecular weight is 323 g/mol. The van der Waals surface area contributed by atoms with E-state index in [1.807, 2.05) is 11.4 Å². The van der Waals surface area contributed by atoms with Gasteiger partial charge in [0, 0.05) is 24.5 Å². The molecular formula is C14H15ClN4OS. The Labute approximate surface area is 132 Å². The highest BCUT2D eigenvalue weighted by molar-refractivity contribution is 7.14. The number of thiazole rings is 1. The zero-order chi connectivity index (χ0) is 14.8. The average Bonchev–Trinajstić information content (AvgIpc) is 3.17. The number of carbonyl (C=O) groups is 1. The predicted octanol–water partition coefficient (Wildman–Crippen LogP) is 3.32. The van der Waals surface area contributed by atoms with E-state index in [0.717, 1.165) is 29.5 Å². The molecule has 21 heavy (non-hydrogen) atoms. The lowest BCUT2D eigenvalue weighted by Gasteiger charge is -2.16. The smallest absolute Gasteiger partial charge is 0.225 e. The van der Waals surface area contributed by atoms with E-state index in [9.17, 15) is 4.79 Å². The molecule has 7 heteroatoms. The number of nitrogens with one attached hydrogen (secondary N) is 1. The van der Waals surface area contributed by atoms with Crippen LogP contribution in [0.1, 0.15) is 25.5 Å². The fourth-order valence-corrected chi connectivity index (χ4v) is 3.08. The lowest BCUT2D eigenvalue weighted by molar-refractivity contribution is -0.116. The predicted molar refractivity (Wildman–Crippen MR) is 84.9 cm³/mol. The van der Waals surface area contributed by atoms with Crippen molar-refractivity contribution in [3.63, 3.8) is 0 Å². The van der Waals surface area contributed by atoms with Crippen LogP contribution < -0.4 is 10.2 Å². The zero-order valence-corrected chi connectivity index (χ0v) is 13.1. The molecule has 2 aromatic rings. The van der Waals surface area contributed by atoms with Crippen LogP contribution >= 0.6 is 22.9 Å². The molecule has 2 aromatic heterocycles. The number of halogens is 1. The minimum absolute atomic E-state index is 0.0609. The molecular weight excluding hydrogens is 308 g/mol. The fraction of sp³-hybridized carbons (Fsp3) is 0.357. The highest BCUT2D eigenvalue weighted by Gasteiger charge is 2.33. The first kappa shape index (κ1) is 14.3. The summed E-state index contributed by atoms with van der Waals surface area (Å²) in [5, 5.41) is 6.55. The van der Waals surface area contributed by atoms with E-state index in [4.69, 9.17) is 11.6 Å². The molecule has 2 heterocycles. The van der Waals surface area contributed by atoms with E-state index in [0.29, 0.717) is 17.6 Å². The van der Waals surface area contributed by atoms with Gasteiger partial charge in [0.05, 0.1) is 17.3 Å². The summed E-state index contributed by atoms with van der Waals surface area (Å²) in [6, 6.07) is 3.95. The van der Waals surface area contributed by atoms with E-state index in [-0.39, 0.29) is 5.91 Å². The molecule has 1 fully saturated rings. The summed E-state index contributed by atoms with van der Waals surface area (Å²) >= 11 is 7.30. The molecule has 1 amide bonds. The molecule has 0 radical (unpaired) electrons. The molecule has 0 bridgehead atoms. The minimum Gasteiger partial charge on any atom is -0.364 e. The van der Waals surface area contributed by atoms with Crippen molar-refractivity contribution in [3.8, 4) is 0 Å². The molecule has 0 unspecified atom stereocenters. The van der Waals surface area contributed by atoms with Crippen LogP contribution in [0.2, 0.25) is 5.02 Å². The van der Waals surface area contributed by atoms with E-state index in [2.05, 4.69) is 15.3 Å². The van der Waals surface area contributed by atoms with Crippen LogP contribution in [0.4, 0.5) is 10.9 Å². The lowest BCUT2D eigenvalue weighted by atomic mass is 10.4. The summed E-state index contributed by atoms with van der Waals surface area (Å²) in [6.45, 7) is 2.16. The molecule has 0 spiro atoms. The maximum atomic E-state index is 11.7. The minimum atomic E-state index is 0.0609. The molecule has 0 atom stereocenters. The van der Waals surface area contributed by atoms with E-state index < -0.39 is 0 Å². The Kier molecular flexibility index (Phi) is 4.07. The van der Waals surface area contributed by atoms with Gasteiger partial charge >= 0.3 is 0 Å². The molecule has 0 aromatic carbocycles. The van der Waals surface area contributed by atoms with Crippen molar-refractivity contribution in [2.45, 2.75) is 32.4 Å². The molecule has 1 aliphatic rings. The monoisotopic (exact) mass is 322 g/mol. The molecule has 5 nitrogen and oxygen atoms in total. The SMILES string of the molecule is CC(=O)N(c1nc(CNc2ccc(Cl)cn2)cs1)C1CC1. The number of hydrogen-bond donors (Lipinski definition) is 1. The third-order valence-electron chi connectivity index (χ3n) is 3.17. The van der Waals surface area contributed by atoms with Crippen molar-refractivity contribution >= 4 is 39.8 Å². The standard InChI is InChI=1S/C14H15ClN4OS/c1-9(20)19(12-3-4-12)14-18-11(8-21-14)7-17-13-5-2-10(15)6-16-13/h2,5-6,8,12H,3-4,7H2,1H3,(H,16,17). The molecule has 0 saturated heterocycles. The summed E-state index contributed by atoms with van der Waals surface area (Å²) in [6.07, 6.45) is 3.74. The number of amides is 1. The zero-order valence-electron chi connectivity index (χ0n) is 11.5. The van der Waals surface area contributed by atoms with E-state index >= 15 is 0 Å². The third-order valence-corrected chi connectivity index (χ3v) is 4.29. The maximum absolute atomic E-state index is 11.7. The van der Waals surface area contributed by atoms with E-state index in [1.165, 1.54) is 11.3 Å². The maximum Gasteiger partial charge on any atom is 0.225 e. The van der Waals surface area contributed by atoms with Crippen LogP contribution in [0.3, 0.4) is 0 Å². The Bertz CT molecular complexity index is 639. The summed E-state index contributed by atoms with van der Waals surface area (Å²) in [5.74, 6) is 0.810. The molecule has 3 rings (SSSR count). The quantitative estimate of drug-likeness (QED) is 0.917. The van der Waals surface area contributed by atoms with Gasteiger partial charge in [-0.3, -0.25) is 9.69 Å². The number of anilines is 2. The van der Waals surface area contributed by atoms with Gasteiger partial charge in [-0.25, -0.2) is 9.97 Å². The second kappa shape index (κ2) is 5.99. The second-order valence-corrected chi connectivity index (χ2v) is 6.23. The van der Waals surface area contributed by atoms with Gasteiger partial charge in [0.15, 0.2) is 5.13 Å². The highest BCUT2D eigenvalue weighted by Crippen LogP contribution is 2.33. The Hall–Kier alpha value is -1.66. The van der Waals surface area contributed by atoms with Gasteiger partial charge < -0.3 is 5.32 Å². The number of pyridine rings is 1. The topological polar surface area (TPSA) is 58.1 Å². The fourth-order valence-electron chi connectivity index (χ4n) is 2.03.